The van der Waals surface area contributed by atoms with Gasteiger partial charge in [-0.25, -0.2) is 4.79 Å². The van der Waals surface area contributed by atoms with Gasteiger partial charge in [0.25, 0.3) is 6.01 Å². The molecular weight excluding hydrogens is 364 g/mol. The molecule has 0 saturated carbocycles. The van der Waals surface area contributed by atoms with E-state index in [2.05, 4.69) is 34.2 Å². The fraction of sp³-hybridized carbons (Fsp3) is 0.0476. The Kier molecular flexibility index (Phi) is 4.52. The van der Waals surface area contributed by atoms with Crippen molar-refractivity contribution in [3.63, 3.8) is 0 Å². The number of carboxylic acid groups (broad SMARTS) is 1. The predicted molar refractivity (Wildman–Crippen MR) is 105 cm³/mol. The van der Waals surface area contributed by atoms with Crippen LogP contribution in [-0.4, -0.2) is 27.7 Å². The molecule has 0 aliphatic rings. The number of carbonyl (C=O) groups is 1. The number of carboxylic acids is 1. The summed E-state index contributed by atoms with van der Waals surface area (Å²) in [4.78, 5) is 17.8. The summed E-state index contributed by atoms with van der Waals surface area (Å²) in [5.41, 5.74) is 5.43. The highest BCUT2D eigenvalue weighted by Crippen LogP contribution is 2.33. The summed E-state index contributed by atoms with van der Waals surface area (Å²) >= 11 is 6.45. The molecule has 6 heteroatoms. The van der Waals surface area contributed by atoms with Crippen molar-refractivity contribution >= 4 is 28.6 Å². The van der Waals surface area contributed by atoms with Crippen LogP contribution in [0.3, 0.4) is 0 Å². The average molecular weight is 379 g/mol. The van der Waals surface area contributed by atoms with E-state index in [0.717, 1.165) is 22.3 Å². The topological polar surface area (TPSA) is 75.2 Å². The fourth-order valence-electron chi connectivity index (χ4n) is 2.90. The van der Waals surface area contributed by atoms with Gasteiger partial charge in [-0.15, -0.1) is 0 Å². The van der Waals surface area contributed by atoms with E-state index in [1.54, 1.807) is 6.07 Å². The third kappa shape index (κ3) is 3.64. The zero-order valence-corrected chi connectivity index (χ0v) is 14.9. The van der Waals surface area contributed by atoms with E-state index < -0.39 is 12.6 Å². The van der Waals surface area contributed by atoms with Crippen molar-refractivity contribution in [1.82, 2.24) is 9.97 Å². The van der Waals surface area contributed by atoms with Gasteiger partial charge in [0.15, 0.2) is 6.61 Å². The van der Waals surface area contributed by atoms with Crippen LogP contribution in [0, 0.1) is 0 Å². The number of ether oxygens (including phenoxy) is 1. The zero-order chi connectivity index (χ0) is 18.8. The molecule has 0 saturated heterocycles. The highest BCUT2D eigenvalue weighted by atomic mass is 35.5. The molecule has 0 aliphatic carbocycles. The van der Waals surface area contributed by atoms with E-state index in [1.165, 1.54) is 0 Å². The second-order valence-electron chi connectivity index (χ2n) is 6.02. The Morgan fingerprint density at radius 1 is 1.00 bits per heavy atom. The van der Waals surface area contributed by atoms with Crippen LogP contribution in [0.2, 0.25) is 5.02 Å². The monoisotopic (exact) mass is 378 g/mol. The number of nitrogens with zero attached hydrogens (tertiary/aromatic N) is 1. The summed E-state index contributed by atoms with van der Waals surface area (Å²) in [6, 6.07) is 22.1. The molecule has 27 heavy (non-hydrogen) atoms. The molecule has 0 amide bonds. The van der Waals surface area contributed by atoms with E-state index in [9.17, 15) is 4.79 Å². The minimum Gasteiger partial charge on any atom is -0.479 e. The van der Waals surface area contributed by atoms with Crippen LogP contribution < -0.4 is 4.74 Å². The van der Waals surface area contributed by atoms with Crippen LogP contribution in [-0.2, 0) is 4.79 Å². The quantitative estimate of drug-likeness (QED) is 0.511. The van der Waals surface area contributed by atoms with Crippen LogP contribution >= 0.6 is 11.6 Å². The molecule has 4 rings (SSSR count). The zero-order valence-electron chi connectivity index (χ0n) is 14.1. The SMILES string of the molecule is O=C(O)COc1nc2cc(-c3ccc(-c4ccccc4)cc3)c(Cl)cc2[nH]1. The van der Waals surface area contributed by atoms with Crippen molar-refractivity contribution in [2.45, 2.75) is 0 Å². The number of hydrogen-bond acceptors (Lipinski definition) is 3. The maximum absolute atomic E-state index is 10.6. The van der Waals surface area contributed by atoms with Crippen molar-refractivity contribution in [1.29, 1.82) is 0 Å². The number of rotatable bonds is 5. The van der Waals surface area contributed by atoms with Crippen molar-refractivity contribution < 1.29 is 14.6 Å². The molecule has 0 spiro atoms. The van der Waals surface area contributed by atoms with E-state index in [-0.39, 0.29) is 6.01 Å². The molecule has 5 nitrogen and oxygen atoms in total. The Morgan fingerprint density at radius 3 is 2.37 bits per heavy atom. The van der Waals surface area contributed by atoms with Gasteiger partial charge >= 0.3 is 5.97 Å². The van der Waals surface area contributed by atoms with Gasteiger partial charge in [-0.2, -0.15) is 4.98 Å². The molecule has 0 unspecified atom stereocenters. The molecule has 0 aliphatic heterocycles. The third-order valence-corrected chi connectivity index (χ3v) is 4.50. The highest BCUT2D eigenvalue weighted by Gasteiger charge is 2.11. The lowest BCUT2D eigenvalue weighted by Gasteiger charge is -2.07. The lowest BCUT2D eigenvalue weighted by atomic mass is 10.00. The number of imidazole rings is 1. The number of benzene rings is 3. The Labute approximate surface area is 160 Å². The van der Waals surface area contributed by atoms with E-state index in [0.29, 0.717) is 16.1 Å². The third-order valence-electron chi connectivity index (χ3n) is 4.18. The van der Waals surface area contributed by atoms with Gasteiger partial charge in [0.2, 0.25) is 0 Å². The van der Waals surface area contributed by atoms with Crippen LogP contribution in [0.4, 0.5) is 0 Å². The average Bonchev–Trinajstić information content (AvgIpc) is 3.08. The molecule has 1 aromatic heterocycles. The number of fused-ring (bicyclic) bond motifs is 1. The molecule has 0 fully saturated rings. The maximum Gasteiger partial charge on any atom is 0.341 e. The Morgan fingerprint density at radius 2 is 1.67 bits per heavy atom. The minimum absolute atomic E-state index is 0.153. The largest absolute Gasteiger partial charge is 0.479 e. The number of hydrogen-bond donors (Lipinski definition) is 2. The van der Waals surface area contributed by atoms with Crippen LogP contribution in [0.5, 0.6) is 6.01 Å². The van der Waals surface area contributed by atoms with Gasteiger partial charge < -0.3 is 14.8 Å². The summed E-state index contributed by atoms with van der Waals surface area (Å²) in [6.07, 6.45) is 0. The number of aromatic amines is 1. The first-order valence-corrected chi connectivity index (χ1v) is 8.67. The molecule has 0 atom stereocenters. The lowest BCUT2D eigenvalue weighted by molar-refractivity contribution is -0.139. The normalized spacial score (nSPS) is 10.9. The van der Waals surface area contributed by atoms with E-state index in [4.69, 9.17) is 21.4 Å². The van der Waals surface area contributed by atoms with Gasteiger partial charge in [-0.3, -0.25) is 0 Å². The van der Waals surface area contributed by atoms with Crippen molar-refractivity contribution in [3.8, 4) is 28.3 Å². The second kappa shape index (κ2) is 7.13. The summed E-state index contributed by atoms with van der Waals surface area (Å²) in [5, 5.41) is 9.28. The number of H-pyrrole nitrogens is 1. The summed E-state index contributed by atoms with van der Waals surface area (Å²) in [6.45, 7) is -0.457. The van der Waals surface area contributed by atoms with Gasteiger partial charge in [0.1, 0.15) is 0 Å². The summed E-state index contributed by atoms with van der Waals surface area (Å²) < 4.78 is 5.09. The molecule has 3 aromatic carbocycles. The van der Waals surface area contributed by atoms with Crippen LogP contribution in [0.15, 0.2) is 66.7 Å². The van der Waals surface area contributed by atoms with Crippen molar-refractivity contribution in [2.75, 3.05) is 6.61 Å². The highest BCUT2D eigenvalue weighted by molar-refractivity contribution is 6.34. The van der Waals surface area contributed by atoms with E-state index >= 15 is 0 Å². The van der Waals surface area contributed by atoms with Crippen LogP contribution in [0.25, 0.3) is 33.3 Å². The lowest BCUT2D eigenvalue weighted by Crippen LogP contribution is -2.09. The number of halogens is 1. The molecular formula is C21H15ClN2O3. The predicted octanol–water partition coefficient (Wildman–Crippen LogP) is 5.01. The number of nitrogens with one attached hydrogen (secondary N) is 1. The van der Waals surface area contributed by atoms with Gasteiger partial charge in [-0.1, -0.05) is 66.2 Å². The molecule has 4 aromatic rings. The van der Waals surface area contributed by atoms with E-state index in [1.807, 2.05) is 36.4 Å². The van der Waals surface area contributed by atoms with Crippen molar-refractivity contribution in [3.05, 3.63) is 71.8 Å². The minimum atomic E-state index is -1.06. The Balaban J connectivity index is 1.66. The fourth-order valence-corrected chi connectivity index (χ4v) is 3.17. The van der Waals surface area contributed by atoms with Crippen LogP contribution in [0.1, 0.15) is 0 Å². The summed E-state index contributed by atoms with van der Waals surface area (Å²) in [5.74, 6) is -1.06. The van der Waals surface area contributed by atoms with Crippen molar-refractivity contribution in [2.24, 2.45) is 0 Å². The molecule has 1 heterocycles. The standard InChI is InChI=1S/C21H15ClN2O3/c22-17-11-19-18(23-21(24-19)27-12-20(25)26)10-16(17)15-8-6-14(7-9-15)13-4-2-1-3-5-13/h1-11H,12H2,(H,23,24)(H,25,26). The first kappa shape index (κ1) is 17.1. The Hall–Kier alpha value is -3.31. The van der Waals surface area contributed by atoms with Gasteiger partial charge in [0.05, 0.1) is 16.1 Å². The Bertz CT molecular complexity index is 1110. The molecule has 0 bridgehead atoms. The first-order valence-electron chi connectivity index (χ1n) is 8.30. The van der Waals surface area contributed by atoms with Gasteiger partial charge in [-0.05, 0) is 28.8 Å². The maximum atomic E-state index is 10.6. The molecule has 134 valence electrons. The second-order valence-corrected chi connectivity index (χ2v) is 6.42. The molecule has 0 radical (unpaired) electrons. The number of aliphatic carboxylic acids is 1. The number of aromatic nitrogens is 2. The van der Waals surface area contributed by atoms with Gasteiger partial charge in [0, 0.05) is 5.56 Å². The molecule has 2 N–H and O–H groups in total. The first-order chi connectivity index (χ1) is 13.1. The smallest absolute Gasteiger partial charge is 0.341 e. The summed E-state index contributed by atoms with van der Waals surface area (Å²) in [7, 11) is 0.